The maximum atomic E-state index is 6.57. The highest BCUT2D eigenvalue weighted by atomic mass is 35.5. The van der Waals surface area contributed by atoms with E-state index in [2.05, 4.69) is 32.9 Å². The Balaban J connectivity index is 1.67. The number of methoxy groups -OCH3 is 1. The number of aromatic nitrogens is 3. The lowest BCUT2D eigenvalue weighted by atomic mass is 9.86. The summed E-state index contributed by atoms with van der Waals surface area (Å²) in [7, 11) is 1.68. The molecular weight excluding hydrogens is 432 g/mol. The second-order valence-corrected chi connectivity index (χ2v) is 8.70. The molecule has 2 atom stereocenters. The van der Waals surface area contributed by atoms with Gasteiger partial charge in [0.2, 0.25) is 5.95 Å². The maximum absolute atomic E-state index is 6.57. The number of hydrogen-bond acceptors (Lipinski definition) is 6. The molecule has 2 aliphatic heterocycles. The van der Waals surface area contributed by atoms with Crippen LogP contribution in [0.15, 0.2) is 71.9 Å². The molecule has 4 heterocycles. The minimum absolute atomic E-state index is 0.260. The standard InChI is InChI=1S/C23H17ClN4O2S/c1-29-16-6-3-2-5-14(16)21-19-20(27-23-25-12-26-28(21)23)15-11-13(24)8-9-17(15)30-22(19)18-7-4-10-31-18/h2-12,21-22H,1H3,(H,25,26,27)/t21-,22-/m1/s1. The van der Waals surface area contributed by atoms with Crippen LogP contribution in [0, 0.1) is 0 Å². The van der Waals surface area contributed by atoms with Gasteiger partial charge >= 0.3 is 0 Å². The van der Waals surface area contributed by atoms with Crippen LogP contribution >= 0.6 is 22.9 Å². The molecule has 0 spiro atoms. The fraction of sp³-hybridized carbons (Fsp3) is 0.130. The summed E-state index contributed by atoms with van der Waals surface area (Å²) in [6.45, 7) is 0. The molecule has 0 bridgehead atoms. The normalized spacial score (nSPS) is 19.0. The van der Waals surface area contributed by atoms with Gasteiger partial charge in [-0.1, -0.05) is 35.9 Å². The quantitative estimate of drug-likeness (QED) is 0.444. The monoisotopic (exact) mass is 448 g/mol. The summed E-state index contributed by atoms with van der Waals surface area (Å²) in [5, 5.41) is 10.7. The van der Waals surface area contributed by atoms with Crippen molar-refractivity contribution in [3.8, 4) is 11.5 Å². The first-order valence-electron chi connectivity index (χ1n) is 9.78. The van der Waals surface area contributed by atoms with E-state index in [1.807, 2.05) is 47.1 Å². The zero-order valence-corrected chi connectivity index (χ0v) is 18.0. The summed E-state index contributed by atoms with van der Waals surface area (Å²) >= 11 is 8.03. The number of para-hydroxylation sites is 1. The van der Waals surface area contributed by atoms with Gasteiger partial charge in [0, 0.05) is 26.6 Å². The minimum atomic E-state index is -0.288. The van der Waals surface area contributed by atoms with Gasteiger partial charge in [-0.25, -0.2) is 4.68 Å². The van der Waals surface area contributed by atoms with Crippen LogP contribution in [0.2, 0.25) is 5.02 Å². The first-order valence-corrected chi connectivity index (χ1v) is 11.0. The topological polar surface area (TPSA) is 61.2 Å². The van der Waals surface area contributed by atoms with Crippen LogP contribution in [0.1, 0.15) is 28.1 Å². The van der Waals surface area contributed by atoms with Crippen LogP contribution in [0.5, 0.6) is 11.5 Å². The van der Waals surface area contributed by atoms with Crippen molar-refractivity contribution in [3.63, 3.8) is 0 Å². The van der Waals surface area contributed by atoms with Crippen molar-refractivity contribution in [1.29, 1.82) is 0 Å². The summed E-state index contributed by atoms with van der Waals surface area (Å²) in [4.78, 5) is 5.57. The average molecular weight is 449 g/mol. The number of ether oxygens (including phenoxy) is 2. The lowest BCUT2D eigenvalue weighted by molar-refractivity contribution is 0.226. The molecule has 31 heavy (non-hydrogen) atoms. The van der Waals surface area contributed by atoms with Gasteiger partial charge in [0.05, 0.1) is 12.8 Å². The number of anilines is 1. The van der Waals surface area contributed by atoms with E-state index in [0.717, 1.165) is 38.8 Å². The van der Waals surface area contributed by atoms with Gasteiger partial charge in [-0.2, -0.15) is 10.1 Å². The first-order chi connectivity index (χ1) is 15.2. The Morgan fingerprint density at radius 1 is 1.16 bits per heavy atom. The Labute approximate surface area is 187 Å². The number of hydrogen-bond donors (Lipinski definition) is 1. The molecule has 0 amide bonds. The molecule has 0 fully saturated rings. The van der Waals surface area contributed by atoms with E-state index in [4.69, 9.17) is 21.1 Å². The Hall–Kier alpha value is -3.29. The number of thiophene rings is 1. The van der Waals surface area contributed by atoms with Gasteiger partial charge in [-0.05, 0) is 35.7 Å². The highest BCUT2D eigenvalue weighted by Gasteiger charge is 2.42. The zero-order chi connectivity index (χ0) is 20.9. The fourth-order valence-electron chi connectivity index (χ4n) is 4.31. The zero-order valence-electron chi connectivity index (χ0n) is 16.4. The largest absolute Gasteiger partial charge is 0.496 e. The van der Waals surface area contributed by atoms with Crippen LogP contribution < -0.4 is 14.8 Å². The molecule has 0 radical (unpaired) electrons. The van der Waals surface area contributed by atoms with Crippen LogP contribution in [0.4, 0.5) is 5.95 Å². The molecule has 0 unspecified atom stereocenters. The fourth-order valence-corrected chi connectivity index (χ4v) is 5.25. The second-order valence-electron chi connectivity index (χ2n) is 7.28. The molecule has 2 aromatic carbocycles. The van der Waals surface area contributed by atoms with Crippen molar-refractivity contribution in [2.45, 2.75) is 12.1 Å². The summed E-state index contributed by atoms with van der Waals surface area (Å²) in [6, 6.07) is 17.6. The maximum Gasteiger partial charge on any atom is 0.226 e. The van der Waals surface area contributed by atoms with Crippen molar-refractivity contribution >= 4 is 34.6 Å². The van der Waals surface area contributed by atoms with Crippen LogP contribution in [0.25, 0.3) is 5.70 Å². The van der Waals surface area contributed by atoms with Gasteiger partial charge in [-0.15, -0.1) is 11.3 Å². The first kappa shape index (κ1) is 18.5. The molecule has 1 N–H and O–H groups in total. The van der Waals surface area contributed by atoms with Gasteiger partial charge in [0.25, 0.3) is 0 Å². The molecule has 6 nitrogen and oxygen atoms in total. The van der Waals surface area contributed by atoms with Crippen molar-refractivity contribution < 1.29 is 9.47 Å². The van der Waals surface area contributed by atoms with E-state index in [1.165, 1.54) is 0 Å². The Morgan fingerprint density at radius 2 is 2.06 bits per heavy atom. The number of fused-ring (bicyclic) bond motifs is 3. The third-order valence-corrected chi connectivity index (χ3v) is 6.76. The van der Waals surface area contributed by atoms with E-state index >= 15 is 0 Å². The SMILES string of the molecule is COc1ccccc1[C@@H]1C2=C(Nc3ncnn31)c1cc(Cl)ccc1O[C@@H]2c1cccs1. The molecule has 0 aliphatic carbocycles. The molecule has 2 aromatic heterocycles. The minimum Gasteiger partial charge on any atom is -0.496 e. The van der Waals surface area contributed by atoms with E-state index < -0.39 is 0 Å². The van der Waals surface area contributed by atoms with Crippen molar-refractivity contribution in [3.05, 3.63) is 92.9 Å². The highest BCUT2D eigenvalue weighted by molar-refractivity contribution is 7.10. The lowest BCUT2D eigenvalue weighted by Crippen LogP contribution is -2.32. The highest BCUT2D eigenvalue weighted by Crippen LogP contribution is 2.52. The third kappa shape index (κ3) is 2.85. The van der Waals surface area contributed by atoms with E-state index in [1.54, 1.807) is 24.8 Å². The Kier molecular flexibility index (Phi) is 4.26. The average Bonchev–Trinajstić information content (AvgIpc) is 3.49. The molecule has 154 valence electrons. The van der Waals surface area contributed by atoms with Crippen molar-refractivity contribution in [2.75, 3.05) is 12.4 Å². The van der Waals surface area contributed by atoms with Crippen molar-refractivity contribution in [2.24, 2.45) is 0 Å². The molecule has 6 rings (SSSR count). The predicted octanol–water partition coefficient (Wildman–Crippen LogP) is 5.56. The number of rotatable bonds is 3. The Bertz CT molecular complexity index is 1310. The lowest BCUT2D eigenvalue weighted by Gasteiger charge is -2.38. The predicted molar refractivity (Wildman–Crippen MR) is 121 cm³/mol. The number of nitrogens with one attached hydrogen (secondary N) is 1. The Morgan fingerprint density at radius 3 is 2.90 bits per heavy atom. The van der Waals surface area contributed by atoms with Crippen LogP contribution in [-0.2, 0) is 0 Å². The molecule has 4 aromatic rings. The second kappa shape index (κ2) is 7.14. The smallest absolute Gasteiger partial charge is 0.226 e. The van der Waals surface area contributed by atoms with E-state index in [9.17, 15) is 0 Å². The summed E-state index contributed by atoms with van der Waals surface area (Å²) in [5.41, 5.74) is 3.88. The molecule has 2 aliphatic rings. The van der Waals surface area contributed by atoms with E-state index in [-0.39, 0.29) is 12.1 Å². The van der Waals surface area contributed by atoms with Gasteiger partial charge in [0.15, 0.2) is 6.10 Å². The molecule has 8 heteroatoms. The molecule has 0 saturated carbocycles. The van der Waals surface area contributed by atoms with Crippen LogP contribution in [0.3, 0.4) is 0 Å². The molecule has 0 saturated heterocycles. The summed E-state index contributed by atoms with van der Waals surface area (Å²) in [6.07, 6.45) is 1.27. The van der Waals surface area contributed by atoms with E-state index in [0.29, 0.717) is 11.0 Å². The van der Waals surface area contributed by atoms with Crippen molar-refractivity contribution in [1.82, 2.24) is 14.8 Å². The summed E-state index contributed by atoms with van der Waals surface area (Å²) < 4.78 is 14.2. The third-order valence-electron chi connectivity index (χ3n) is 5.61. The summed E-state index contributed by atoms with van der Waals surface area (Å²) in [5.74, 6) is 2.22. The van der Waals surface area contributed by atoms with Gasteiger partial charge in [-0.3, -0.25) is 0 Å². The van der Waals surface area contributed by atoms with Gasteiger partial charge in [0.1, 0.15) is 23.9 Å². The van der Waals surface area contributed by atoms with Crippen LogP contribution in [-0.4, -0.2) is 21.9 Å². The molecular formula is C23H17ClN4O2S. The number of benzene rings is 2. The van der Waals surface area contributed by atoms with Gasteiger partial charge < -0.3 is 14.8 Å². The number of halogens is 1. The number of nitrogens with zero attached hydrogens (tertiary/aromatic N) is 3.